The Hall–Kier alpha value is -1.79. The van der Waals surface area contributed by atoms with E-state index in [1.807, 2.05) is 25.1 Å². The van der Waals surface area contributed by atoms with Gasteiger partial charge in [0.25, 0.3) is 0 Å². The average Bonchev–Trinajstić information content (AvgIpc) is 2.43. The predicted molar refractivity (Wildman–Crippen MR) is 78.3 cm³/mol. The molecule has 110 valence electrons. The number of benzene rings is 1. The van der Waals surface area contributed by atoms with E-state index < -0.39 is 0 Å². The Bertz CT molecular complexity index is 508. The molecule has 1 aromatic rings. The van der Waals surface area contributed by atoms with Crippen molar-refractivity contribution >= 4 is 29.9 Å². The SMILES string of the molecule is Cc1ccc2c(c1)OCCN2C(=O)CNC(=O)CN.Cl. The molecule has 0 spiro atoms. The van der Waals surface area contributed by atoms with Crippen molar-refractivity contribution in [1.29, 1.82) is 0 Å². The van der Waals surface area contributed by atoms with E-state index in [9.17, 15) is 9.59 Å². The number of rotatable bonds is 3. The smallest absolute Gasteiger partial charge is 0.246 e. The predicted octanol–water partition coefficient (Wildman–Crippen LogP) is 0.217. The van der Waals surface area contributed by atoms with Crippen molar-refractivity contribution in [3.8, 4) is 5.75 Å². The Kier molecular flexibility index (Phi) is 5.79. The normalized spacial score (nSPS) is 12.8. The van der Waals surface area contributed by atoms with Crippen molar-refractivity contribution in [1.82, 2.24) is 5.32 Å². The average molecular weight is 300 g/mol. The summed E-state index contributed by atoms with van der Waals surface area (Å²) in [5.74, 6) is 0.186. The van der Waals surface area contributed by atoms with E-state index in [0.717, 1.165) is 11.3 Å². The molecule has 1 aromatic carbocycles. The van der Waals surface area contributed by atoms with Crippen LogP contribution in [0.3, 0.4) is 0 Å². The lowest BCUT2D eigenvalue weighted by Crippen LogP contribution is -2.45. The van der Waals surface area contributed by atoms with E-state index >= 15 is 0 Å². The molecule has 0 fully saturated rings. The molecule has 2 amide bonds. The summed E-state index contributed by atoms with van der Waals surface area (Å²) in [5, 5.41) is 2.48. The molecule has 0 radical (unpaired) electrons. The van der Waals surface area contributed by atoms with Crippen LogP contribution in [0.1, 0.15) is 5.56 Å². The molecular weight excluding hydrogens is 282 g/mol. The lowest BCUT2D eigenvalue weighted by molar-refractivity contribution is -0.124. The number of ether oxygens (including phenoxy) is 1. The molecule has 0 unspecified atom stereocenters. The van der Waals surface area contributed by atoms with Gasteiger partial charge in [0.05, 0.1) is 25.3 Å². The number of carbonyl (C=O) groups is 2. The number of hydrogen-bond donors (Lipinski definition) is 2. The molecule has 3 N–H and O–H groups in total. The lowest BCUT2D eigenvalue weighted by Gasteiger charge is -2.29. The molecule has 0 atom stereocenters. The fourth-order valence-corrected chi connectivity index (χ4v) is 1.93. The Morgan fingerprint density at radius 1 is 1.45 bits per heavy atom. The van der Waals surface area contributed by atoms with Gasteiger partial charge in [-0.15, -0.1) is 12.4 Å². The lowest BCUT2D eigenvalue weighted by atomic mass is 10.1. The largest absolute Gasteiger partial charge is 0.490 e. The van der Waals surface area contributed by atoms with Crippen LogP contribution in [0.5, 0.6) is 5.75 Å². The van der Waals surface area contributed by atoms with Gasteiger partial charge in [-0.2, -0.15) is 0 Å². The van der Waals surface area contributed by atoms with E-state index in [4.69, 9.17) is 10.5 Å². The van der Waals surface area contributed by atoms with Gasteiger partial charge in [-0.25, -0.2) is 0 Å². The van der Waals surface area contributed by atoms with Crippen molar-refractivity contribution < 1.29 is 14.3 Å². The minimum Gasteiger partial charge on any atom is -0.490 e. The van der Waals surface area contributed by atoms with Crippen molar-refractivity contribution in [3.05, 3.63) is 23.8 Å². The van der Waals surface area contributed by atoms with Crippen LogP contribution in [0.15, 0.2) is 18.2 Å². The standard InChI is InChI=1S/C13H17N3O3.ClH/c1-9-2-3-10-11(6-9)19-5-4-16(10)13(18)8-15-12(17)7-14;/h2-3,6H,4-5,7-8,14H2,1H3,(H,15,17);1H. The molecule has 1 aliphatic heterocycles. The first kappa shape index (κ1) is 16.3. The van der Waals surface area contributed by atoms with E-state index in [2.05, 4.69) is 5.32 Å². The van der Waals surface area contributed by atoms with Gasteiger partial charge in [0.2, 0.25) is 11.8 Å². The van der Waals surface area contributed by atoms with Gasteiger partial charge in [0.1, 0.15) is 12.4 Å². The fourth-order valence-electron chi connectivity index (χ4n) is 1.93. The molecule has 6 nitrogen and oxygen atoms in total. The van der Waals surface area contributed by atoms with E-state index in [1.54, 1.807) is 4.90 Å². The van der Waals surface area contributed by atoms with Crippen molar-refractivity contribution in [2.24, 2.45) is 5.73 Å². The molecule has 20 heavy (non-hydrogen) atoms. The zero-order valence-corrected chi connectivity index (χ0v) is 12.0. The quantitative estimate of drug-likeness (QED) is 0.836. The Morgan fingerprint density at radius 3 is 2.90 bits per heavy atom. The number of carbonyl (C=O) groups excluding carboxylic acids is 2. The molecule has 0 saturated heterocycles. The van der Waals surface area contributed by atoms with Gasteiger partial charge >= 0.3 is 0 Å². The molecule has 1 heterocycles. The maximum absolute atomic E-state index is 12.1. The number of amides is 2. The highest BCUT2D eigenvalue weighted by molar-refractivity contribution is 5.98. The molecule has 0 saturated carbocycles. The van der Waals surface area contributed by atoms with Gasteiger partial charge in [-0.3, -0.25) is 9.59 Å². The van der Waals surface area contributed by atoms with Crippen molar-refractivity contribution in [2.45, 2.75) is 6.92 Å². The van der Waals surface area contributed by atoms with Crippen LogP contribution in [0, 0.1) is 6.92 Å². The monoisotopic (exact) mass is 299 g/mol. The highest BCUT2D eigenvalue weighted by Gasteiger charge is 2.23. The summed E-state index contributed by atoms with van der Waals surface area (Å²) in [4.78, 5) is 24.8. The van der Waals surface area contributed by atoms with Crippen molar-refractivity contribution in [2.75, 3.05) is 31.1 Å². The zero-order valence-electron chi connectivity index (χ0n) is 11.2. The summed E-state index contributed by atoms with van der Waals surface area (Å²) >= 11 is 0. The van der Waals surface area contributed by atoms with E-state index in [-0.39, 0.29) is 37.3 Å². The Labute approximate surface area is 123 Å². The summed E-state index contributed by atoms with van der Waals surface area (Å²) in [7, 11) is 0. The van der Waals surface area contributed by atoms with Gasteiger partial charge in [-0.05, 0) is 24.6 Å². The Morgan fingerprint density at radius 2 is 2.20 bits per heavy atom. The molecule has 0 aliphatic carbocycles. The van der Waals surface area contributed by atoms with Gasteiger partial charge in [0.15, 0.2) is 0 Å². The topological polar surface area (TPSA) is 84.7 Å². The highest BCUT2D eigenvalue weighted by atomic mass is 35.5. The number of anilines is 1. The number of nitrogens with two attached hydrogens (primary N) is 1. The third-order valence-electron chi connectivity index (χ3n) is 2.90. The molecule has 0 aromatic heterocycles. The first-order valence-corrected chi connectivity index (χ1v) is 6.12. The molecule has 7 heteroatoms. The van der Waals surface area contributed by atoms with Crippen LogP contribution < -0.4 is 20.7 Å². The minimum atomic E-state index is -0.342. The van der Waals surface area contributed by atoms with Crippen LogP contribution in [-0.4, -0.2) is 38.1 Å². The molecule has 0 bridgehead atoms. The highest BCUT2D eigenvalue weighted by Crippen LogP contribution is 2.32. The second kappa shape index (κ2) is 7.12. The van der Waals surface area contributed by atoms with Crippen LogP contribution >= 0.6 is 12.4 Å². The molecular formula is C13H18ClN3O3. The van der Waals surface area contributed by atoms with Crippen LogP contribution in [0.25, 0.3) is 0 Å². The molecule has 1 aliphatic rings. The summed E-state index contributed by atoms with van der Waals surface area (Å²) in [6.07, 6.45) is 0. The number of nitrogens with zero attached hydrogens (tertiary/aromatic N) is 1. The van der Waals surface area contributed by atoms with E-state index in [1.165, 1.54) is 0 Å². The first-order valence-electron chi connectivity index (χ1n) is 6.12. The number of aryl methyl sites for hydroxylation is 1. The first-order chi connectivity index (χ1) is 9.11. The second-order valence-electron chi connectivity index (χ2n) is 4.35. The summed E-state index contributed by atoms with van der Waals surface area (Å²) in [6, 6.07) is 5.67. The minimum absolute atomic E-state index is 0. The van der Waals surface area contributed by atoms with Gasteiger partial charge in [0, 0.05) is 0 Å². The number of halogens is 1. The Balaban J connectivity index is 0.00000200. The second-order valence-corrected chi connectivity index (χ2v) is 4.35. The fraction of sp³-hybridized carbons (Fsp3) is 0.385. The third-order valence-corrected chi connectivity index (χ3v) is 2.90. The summed E-state index contributed by atoms with van der Waals surface area (Å²) in [6.45, 7) is 2.72. The van der Waals surface area contributed by atoms with Crippen LogP contribution in [0.2, 0.25) is 0 Å². The van der Waals surface area contributed by atoms with Crippen LogP contribution in [-0.2, 0) is 9.59 Å². The van der Waals surface area contributed by atoms with Crippen LogP contribution in [0.4, 0.5) is 5.69 Å². The molecule has 2 rings (SSSR count). The zero-order chi connectivity index (χ0) is 13.8. The summed E-state index contributed by atoms with van der Waals surface area (Å²) in [5.41, 5.74) is 6.99. The van der Waals surface area contributed by atoms with Gasteiger partial charge < -0.3 is 20.7 Å². The van der Waals surface area contributed by atoms with E-state index in [0.29, 0.717) is 18.9 Å². The van der Waals surface area contributed by atoms with Gasteiger partial charge in [-0.1, -0.05) is 6.07 Å². The third kappa shape index (κ3) is 3.61. The number of fused-ring (bicyclic) bond motifs is 1. The summed E-state index contributed by atoms with van der Waals surface area (Å²) < 4.78 is 5.53. The van der Waals surface area contributed by atoms with Crippen molar-refractivity contribution in [3.63, 3.8) is 0 Å². The number of nitrogens with one attached hydrogen (secondary N) is 1. The maximum atomic E-state index is 12.1. The number of hydrogen-bond acceptors (Lipinski definition) is 4. The maximum Gasteiger partial charge on any atom is 0.246 e.